The molecule has 0 bridgehead atoms. The maximum Gasteiger partial charge on any atom is 0.243 e. The number of benzene rings is 1. The number of anilines is 1. The van der Waals surface area contributed by atoms with Crippen LogP contribution in [0.2, 0.25) is 0 Å². The lowest BCUT2D eigenvalue weighted by Crippen LogP contribution is -2.35. The standard InChI is InChI=1S/C13H18N2O5S/c1-9-11-8-10(2-3-12(11)14-13(9)18)21(19,20)15(4-6-16)5-7-17/h2-3,8-9,16-17H,4-7H2,1H3,(H,14,18). The second-order valence-corrected chi connectivity index (χ2v) is 6.75. The molecule has 0 radical (unpaired) electrons. The molecular weight excluding hydrogens is 296 g/mol. The van der Waals surface area contributed by atoms with Crippen LogP contribution in [0.3, 0.4) is 0 Å². The highest BCUT2D eigenvalue weighted by atomic mass is 32.2. The lowest BCUT2D eigenvalue weighted by molar-refractivity contribution is -0.116. The minimum Gasteiger partial charge on any atom is -0.395 e. The maximum absolute atomic E-state index is 12.5. The van der Waals surface area contributed by atoms with Crippen LogP contribution in [0.1, 0.15) is 18.4 Å². The molecule has 116 valence electrons. The molecule has 2 rings (SSSR count). The Morgan fingerprint density at radius 2 is 1.86 bits per heavy atom. The number of sulfonamides is 1. The molecule has 1 aromatic rings. The normalized spacial score (nSPS) is 17.9. The van der Waals surface area contributed by atoms with Crippen molar-refractivity contribution < 1.29 is 23.4 Å². The Morgan fingerprint density at radius 1 is 1.24 bits per heavy atom. The van der Waals surface area contributed by atoms with Crippen molar-refractivity contribution >= 4 is 21.6 Å². The molecule has 0 aromatic heterocycles. The van der Waals surface area contributed by atoms with Crippen molar-refractivity contribution in [3.63, 3.8) is 0 Å². The molecule has 1 aliphatic rings. The summed E-state index contributed by atoms with van der Waals surface area (Å²) in [6.07, 6.45) is 0. The maximum atomic E-state index is 12.5. The van der Waals surface area contributed by atoms with Crippen molar-refractivity contribution in [2.24, 2.45) is 0 Å². The van der Waals surface area contributed by atoms with E-state index in [4.69, 9.17) is 10.2 Å². The number of rotatable bonds is 6. The summed E-state index contributed by atoms with van der Waals surface area (Å²) >= 11 is 0. The molecule has 3 N–H and O–H groups in total. The molecule has 1 aliphatic heterocycles. The topological polar surface area (TPSA) is 107 Å². The van der Waals surface area contributed by atoms with E-state index >= 15 is 0 Å². The Morgan fingerprint density at radius 3 is 2.43 bits per heavy atom. The lowest BCUT2D eigenvalue weighted by atomic mass is 10.0. The van der Waals surface area contributed by atoms with Gasteiger partial charge in [-0.05, 0) is 30.7 Å². The zero-order valence-electron chi connectivity index (χ0n) is 11.6. The summed E-state index contributed by atoms with van der Waals surface area (Å²) in [4.78, 5) is 11.6. The van der Waals surface area contributed by atoms with Gasteiger partial charge in [0.2, 0.25) is 15.9 Å². The van der Waals surface area contributed by atoms with Crippen LogP contribution >= 0.6 is 0 Å². The highest BCUT2D eigenvalue weighted by Gasteiger charge is 2.30. The molecule has 0 saturated heterocycles. The Labute approximate surface area is 123 Å². The molecule has 1 atom stereocenters. The van der Waals surface area contributed by atoms with Gasteiger partial charge in [-0.2, -0.15) is 4.31 Å². The fourth-order valence-corrected chi connectivity index (χ4v) is 3.74. The Hall–Kier alpha value is -1.48. The lowest BCUT2D eigenvalue weighted by Gasteiger charge is -2.20. The van der Waals surface area contributed by atoms with Crippen LogP contribution in [-0.4, -0.2) is 55.1 Å². The number of hydrogen-bond acceptors (Lipinski definition) is 5. The van der Waals surface area contributed by atoms with Gasteiger partial charge in [-0.3, -0.25) is 4.79 Å². The third kappa shape index (κ3) is 2.93. The first kappa shape index (κ1) is 15.9. The number of hydrogen-bond donors (Lipinski definition) is 3. The van der Waals surface area contributed by atoms with Crippen LogP contribution in [0.15, 0.2) is 23.1 Å². The smallest absolute Gasteiger partial charge is 0.243 e. The first-order valence-corrected chi connectivity index (χ1v) is 8.02. The quantitative estimate of drug-likeness (QED) is 0.669. The van der Waals surface area contributed by atoms with E-state index in [1.807, 2.05) is 0 Å². The summed E-state index contributed by atoms with van der Waals surface area (Å²) < 4.78 is 26.0. The van der Waals surface area contributed by atoms with Crippen LogP contribution in [0.5, 0.6) is 0 Å². The number of nitrogens with zero attached hydrogens (tertiary/aromatic N) is 1. The fourth-order valence-electron chi connectivity index (χ4n) is 2.28. The minimum atomic E-state index is -3.81. The predicted octanol–water partition coefficient (Wildman–Crippen LogP) is -0.283. The third-order valence-electron chi connectivity index (χ3n) is 3.48. The van der Waals surface area contributed by atoms with Gasteiger partial charge in [0.15, 0.2) is 0 Å². The average molecular weight is 314 g/mol. The van der Waals surface area contributed by atoms with Gasteiger partial charge in [0.1, 0.15) is 0 Å². The Bertz CT molecular complexity index is 638. The van der Waals surface area contributed by atoms with Crippen LogP contribution in [-0.2, 0) is 14.8 Å². The van der Waals surface area contributed by atoms with Crippen molar-refractivity contribution in [1.29, 1.82) is 0 Å². The monoisotopic (exact) mass is 314 g/mol. The van der Waals surface area contributed by atoms with Gasteiger partial charge in [0, 0.05) is 18.8 Å². The second kappa shape index (κ2) is 6.10. The van der Waals surface area contributed by atoms with Gasteiger partial charge in [-0.15, -0.1) is 0 Å². The summed E-state index contributed by atoms with van der Waals surface area (Å²) in [6.45, 7) is 0.859. The number of carbonyl (C=O) groups is 1. The zero-order chi connectivity index (χ0) is 15.6. The molecule has 0 fully saturated rings. The molecular formula is C13H18N2O5S. The Balaban J connectivity index is 2.39. The van der Waals surface area contributed by atoms with E-state index in [1.165, 1.54) is 12.1 Å². The summed E-state index contributed by atoms with van der Waals surface area (Å²) in [6, 6.07) is 4.43. The molecule has 1 unspecified atom stereocenters. The third-order valence-corrected chi connectivity index (χ3v) is 5.37. The van der Waals surface area contributed by atoms with Crippen LogP contribution < -0.4 is 5.32 Å². The average Bonchev–Trinajstić information content (AvgIpc) is 2.73. The molecule has 0 spiro atoms. The molecule has 1 aromatic carbocycles. The summed E-state index contributed by atoms with van der Waals surface area (Å²) in [5.41, 5.74) is 1.25. The Kier molecular flexibility index (Phi) is 4.62. The highest BCUT2D eigenvalue weighted by Crippen LogP contribution is 2.34. The van der Waals surface area contributed by atoms with Crippen molar-refractivity contribution in [3.8, 4) is 0 Å². The van der Waals surface area contributed by atoms with E-state index in [9.17, 15) is 13.2 Å². The number of fused-ring (bicyclic) bond motifs is 1. The molecule has 1 heterocycles. The largest absolute Gasteiger partial charge is 0.395 e. The van der Waals surface area contributed by atoms with E-state index in [0.29, 0.717) is 11.3 Å². The number of carbonyl (C=O) groups excluding carboxylic acids is 1. The van der Waals surface area contributed by atoms with Crippen LogP contribution in [0.4, 0.5) is 5.69 Å². The van der Waals surface area contributed by atoms with Gasteiger partial charge < -0.3 is 15.5 Å². The molecule has 8 heteroatoms. The van der Waals surface area contributed by atoms with Gasteiger partial charge >= 0.3 is 0 Å². The first-order valence-electron chi connectivity index (χ1n) is 6.58. The summed E-state index contributed by atoms with van der Waals surface area (Å²) in [5.74, 6) is -0.568. The van der Waals surface area contributed by atoms with Gasteiger partial charge in [-0.25, -0.2) is 8.42 Å². The molecule has 21 heavy (non-hydrogen) atoms. The van der Waals surface area contributed by atoms with E-state index in [1.54, 1.807) is 13.0 Å². The van der Waals surface area contributed by atoms with Crippen LogP contribution in [0.25, 0.3) is 0 Å². The number of aliphatic hydroxyl groups is 2. The molecule has 0 aliphatic carbocycles. The number of nitrogens with one attached hydrogen (secondary N) is 1. The van der Waals surface area contributed by atoms with Crippen molar-refractivity contribution in [2.45, 2.75) is 17.7 Å². The summed E-state index contributed by atoms with van der Waals surface area (Å²) in [5, 5.41) is 20.6. The van der Waals surface area contributed by atoms with Gasteiger partial charge in [0.05, 0.1) is 24.0 Å². The minimum absolute atomic E-state index is 0.0477. The predicted molar refractivity (Wildman–Crippen MR) is 76.4 cm³/mol. The van der Waals surface area contributed by atoms with E-state index in [0.717, 1.165) is 4.31 Å². The van der Waals surface area contributed by atoms with Crippen molar-refractivity contribution in [2.75, 3.05) is 31.6 Å². The number of aliphatic hydroxyl groups excluding tert-OH is 2. The van der Waals surface area contributed by atoms with E-state index in [-0.39, 0.29) is 37.1 Å². The van der Waals surface area contributed by atoms with E-state index < -0.39 is 15.9 Å². The number of amides is 1. The van der Waals surface area contributed by atoms with Crippen LogP contribution in [0, 0.1) is 0 Å². The second-order valence-electron chi connectivity index (χ2n) is 4.81. The first-order chi connectivity index (χ1) is 9.91. The van der Waals surface area contributed by atoms with E-state index in [2.05, 4.69) is 5.32 Å². The molecule has 1 amide bonds. The zero-order valence-corrected chi connectivity index (χ0v) is 12.4. The SMILES string of the molecule is CC1C(=O)Nc2ccc(S(=O)(=O)N(CCO)CCO)cc21. The van der Waals surface area contributed by atoms with Gasteiger partial charge in [0.25, 0.3) is 0 Å². The summed E-state index contributed by atoms with van der Waals surface area (Å²) in [7, 11) is -3.81. The molecule has 7 nitrogen and oxygen atoms in total. The van der Waals surface area contributed by atoms with Crippen molar-refractivity contribution in [1.82, 2.24) is 4.31 Å². The van der Waals surface area contributed by atoms with Gasteiger partial charge in [-0.1, -0.05) is 0 Å². The molecule has 0 saturated carbocycles. The fraction of sp³-hybridized carbons (Fsp3) is 0.462. The highest BCUT2D eigenvalue weighted by molar-refractivity contribution is 7.89. The van der Waals surface area contributed by atoms with Crippen molar-refractivity contribution in [3.05, 3.63) is 23.8 Å².